The smallest absolute Gasteiger partial charge is 0.228 e. The Balaban J connectivity index is 1.88. The van der Waals surface area contributed by atoms with Gasteiger partial charge in [0, 0.05) is 17.7 Å². The molecule has 0 atom stereocenters. The zero-order valence-electron chi connectivity index (χ0n) is 10.3. The van der Waals surface area contributed by atoms with Gasteiger partial charge in [-0.1, -0.05) is 48.5 Å². The van der Waals surface area contributed by atoms with Crippen molar-refractivity contribution in [3.05, 3.63) is 65.2 Å². The summed E-state index contributed by atoms with van der Waals surface area (Å²) in [6, 6.07) is 14.9. The van der Waals surface area contributed by atoms with Crippen molar-refractivity contribution < 1.29 is 9.59 Å². The van der Waals surface area contributed by atoms with Crippen molar-refractivity contribution in [1.29, 1.82) is 0 Å². The van der Waals surface area contributed by atoms with Crippen molar-refractivity contribution in [3.63, 3.8) is 0 Å². The standard InChI is InChI=1S/C16H13NO2/c18-14(11-5-2-1-3-6-11)9-12-7-4-8-13-10-15(19)17-16(12)13/h1-8H,9-10H2,(H,17,19). The van der Waals surface area contributed by atoms with Gasteiger partial charge in [-0.3, -0.25) is 9.59 Å². The number of nitrogens with one attached hydrogen (secondary N) is 1. The molecule has 1 heterocycles. The quantitative estimate of drug-likeness (QED) is 0.852. The molecule has 94 valence electrons. The summed E-state index contributed by atoms with van der Waals surface area (Å²) in [7, 11) is 0. The zero-order chi connectivity index (χ0) is 13.2. The molecule has 3 nitrogen and oxygen atoms in total. The number of carbonyl (C=O) groups is 2. The monoisotopic (exact) mass is 251 g/mol. The number of fused-ring (bicyclic) bond motifs is 1. The van der Waals surface area contributed by atoms with E-state index in [4.69, 9.17) is 0 Å². The van der Waals surface area contributed by atoms with E-state index < -0.39 is 0 Å². The third-order valence-electron chi connectivity index (χ3n) is 3.30. The molecule has 3 heteroatoms. The molecule has 0 radical (unpaired) electrons. The van der Waals surface area contributed by atoms with Crippen LogP contribution in [0.1, 0.15) is 21.5 Å². The Kier molecular flexibility index (Phi) is 2.88. The van der Waals surface area contributed by atoms with Crippen LogP contribution in [0.15, 0.2) is 48.5 Å². The first kappa shape index (κ1) is 11.7. The van der Waals surface area contributed by atoms with Crippen LogP contribution in [-0.2, 0) is 17.6 Å². The minimum absolute atomic E-state index is 0.00499. The van der Waals surface area contributed by atoms with E-state index >= 15 is 0 Å². The highest BCUT2D eigenvalue weighted by Crippen LogP contribution is 2.28. The summed E-state index contributed by atoms with van der Waals surface area (Å²) in [5, 5.41) is 2.83. The minimum Gasteiger partial charge on any atom is -0.325 e. The van der Waals surface area contributed by atoms with Crippen LogP contribution in [-0.4, -0.2) is 11.7 Å². The Labute approximate surface area is 111 Å². The van der Waals surface area contributed by atoms with Crippen molar-refractivity contribution in [2.45, 2.75) is 12.8 Å². The lowest BCUT2D eigenvalue weighted by Gasteiger charge is -2.07. The van der Waals surface area contributed by atoms with Crippen LogP contribution in [0.4, 0.5) is 5.69 Å². The van der Waals surface area contributed by atoms with E-state index in [9.17, 15) is 9.59 Å². The number of para-hydroxylation sites is 1. The van der Waals surface area contributed by atoms with Gasteiger partial charge in [0.05, 0.1) is 6.42 Å². The number of rotatable bonds is 3. The van der Waals surface area contributed by atoms with Gasteiger partial charge in [-0.25, -0.2) is 0 Å². The van der Waals surface area contributed by atoms with Crippen LogP contribution in [0.5, 0.6) is 0 Å². The van der Waals surface area contributed by atoms with E-state index in [1.807, 2.05) is 48.5 Å². The molecular weight excluding hydrogens is 238 g/mol. The van der Waals surface area contributed by atoms with Gasteiger partial charge in [-0.05, 0) is 11.1 Å². The minimum atomic E-state index is -0.00499. The predicted octanol–water partition coefficient (Wildman–Crippen LogP) is 2.61. The molecule has 0 saturated heterocycles. The maximum absolute atomic E-state index is 12.2. The SMILES string of the molecule is O=C1Cc2cccc(CC(=O)c3ccccc3)c2N1. The molecule has 1 amide bonds. The molecule has 1 aliphatic heterocycles. The summed E-state index contributed by atoms with van der Waals surface area (Å²) >= 11 is 0. The predicted molar refractivity (Wildman–Crippen MR) is 73.3 cm³/mol. The fourth-order valence-electron chi connectivity index (χ4n) is 2.36. The molecule has 2 aromatic carbocycles. The van der Waals surface area contributed by atoms with Crippen molar-refractivity contribution >= 4 is 17.4 Å². The maximum Gasteiger partial charge on any atom is 0.228 e. The Morgan fingerprint density at radius 1 is 1.05 bits per heavy atom. The van der Waals surface area contributed by atoms with E-state index in [0.717, 1.165) is 16.8 Å². The van der Waals surface area contributed by atoms with Crippen molar-refractivity contribution in [1.82, 2.24) is 0 Å². The molecule has 1 N–H and O–H groups in total. The Hall–Kier alpha value is -2.42. The molecule has 3 rings (SSSR count). The summed E-state index contributed by atoms with van der Waals surface area (Å²) < 4.78 is 0. The highest BCUT2D eigenvalue weighted by molar-refractivity contribution is 6.03. The number of amides is 1. The highest BCUT2D eigenvalue weighted by Gasteiger charge is 2.21. The number of Topliss-reactive ketones (excluding diaryl/α,β-unsaturated/α-hetero) is 1. The summed E-state index contributed by atoms with van der Waals surface area (Å²) in [6.45, 7) is 0. The summed E-state index contributed by atoms with van der Waals surface area (Å²) in [5.74, 6) is 0.0600. The molecule has 0 unspecified atom stereocenters. The average Bonchev–Trinajstić information content (AvgIpc) is 2.81. The largest absolute Gasteiger partial charge is 0.325 e. The number of hydrogen-bond acceptors (Lipinski definition) is 2. The van der Waals surface area contributed by atoms with Crippen LogP contribution >= 0.6 is 0 Å². The van der Waals surface area contributed by atoms with E-state index in [1.54, 1.807) is 0 Å². The van der Waals surface area contributed by atoms with E-state index in [1.165, 1.54) is 0 Å². The normalized spacial score (nSPS) is 12.9. The lowest BCUT2D eigenvalue weighted by atomic mass is 9.99. The van der Waals surface area contributed by atoms with Gasteiger partial charge < -0.3 is 5.32 Å². The number of carbonyl (C=O) groups excluding carboxylic acids is 2. The molecule has 0 saturated carbocycles. The second-order valence-electron chi connectivity index (χ2n) is 4.64. The van der Waals surface area contributed by atoms with Gasteiger partial charge in [0.15, 0.2) is 5.78 Å². The number of anilines is 1. The maximum atomic E-state index is 12.2. The molecule has 0 bridgehead atoms. The fourth-order valence-corrected chi connectivity index (χ4v) is 2.36. The lowest BCUT2D eigenvalue weighted by molar-refractivity contribution is -0.115. The molecule has 0 aromatic heterocycles. The van der Waals surface area contributed by atoms with E-state index in [0.29, 0.717) is 18.4 Å². The van der Waals surface area contributed by atoms with Crippen LogP contribution in [0.2, 0.25) is 0 Å². The first-order valence-corrected chi connectivity index (χ1v) is 6.23. The first-order chi connectivity index (χ1) is 9.24. The molecule has 0 fully saturated rings. The van der Waals surface area contributed by atoms with Crippen LogP contribution < -0.4 is 5.32 Å². The van der Waals surface area contributed by atoms with Gasteiger partial charge in [0.2, 0.25) is 5.91 Å². The molecule has 2 aromatic rings. The topological polar surface area (TPSA) is 46.2 Å². The van der Waals surface area contributed by atoms with Crippen molar-refractivity contribution in [2.24, 2.45) is 0 Å². The number of benzene rings is 2. The van der Waals surface area contributed by atoms with Gasteiger partial charge in [-0.15, -0.1) is 0 Å². The van der Waals surface area contributed by atoms with Gasteiger partial charge in [0.1, 0.15) is 0 Å². The highest BCUT2D eigenvalue weighted by atomic mass is 16.1. The molecular formula is C16H13NO2. The van der Waals surface area contributed by atoms with Crippen LogP contribution in [0, 0.1) is 0 Å². The Bertz CT molecular complexity index is 647. The van der Waals surface area contributed by atoms with Crippen LogP contribution in [0.3, 0.4) is 0 Å². The Morgan fingerprint density at radius 3 is 2.63 bits per heavy atom. The number of hydrogen-bond donors (Lipinski definition) is 1. The zero-order valence-corrected chi connectivity index (χ0v) is 10.3. The summed E-state index contributed by atoms with van der Waals surface area (Å²) in [6.07, 6.45) is 0.718. The van der Waals surface area contributed by atoms with E-state index in [2.05, 4.69) is 5.32 Å². The lowest BCUT2D eigenvalue weighted by Crippen LogP contribution is -2.08. The summed E-state index contributed by atoms with van der Waals surface area (Å²) in [5.41, 5.74) is 3.38. The fraction of sp³-hybridized carbons (Fsp3) is 0.125. The van der Waals surface area contributed by atoms with Gasteiger partial charge in [-0.2, -0.15) is 0 Å². The average molecular weight is 251 g/mol. The van der Waals surface area contributed by atoms with Gasteiger partial charge in [0.25, 0.3) is 0 Å². The van der Waals surface area contributed by atoms with Crippen LogP contribution in [0.25, 0.3) is 0 Å². The van der Waals surface area contributed by atoms with E-state index in [-0.39, 0.29) is 11.7 Å². The molecule has 0 spiro atoms. The summed E-state index contributed by atoms with van der Waals surface area (Å²) in [4.78, 5) is 23.6. The van der Waals surface area contributed by atoms with Gasteiger partial charge >= 0.3 is 0 Å². The Morgan fingerprint density at radius 2 is 1.84 bits per heavy atom. The second-order valence-corrected chi connectivity index (χ2v) is 4.64. The number of ketones is 1. The molecule has 19 heavy (non-hydrogen) atoms. The third kappa shape index (κ3) is 2.27. The van der Waals surface area contributed by atoms with Crippen molar-refractivity contribution in [3.8, 4) is 0 Å². The third-order valence-corrected chi connectivity index (χ3v) is 3.30. The first-order valence-electron chi connectivity index (χ1n) is 6.23. The molecule has 1 aliphatic rings. The van der Waals surface area contributed by atoms with Crippen molar-refractivity contribution in [2.75, 3.05) is 5.32 Å². The second kappa shape index (κ2) is 4.69. The molecule has 0 aliphatic carbocycles.